The summed E-state index contributed by atoms with van der Waals surface area (Å²) in [5.41, 5.74) is 0.517. The number of aliphatic imine (C=N–C) groups is 1. The average Bonchev–Trinajstić information content (AvgIpc) is 2.92. The lowest BCUT2D eigenvalue weighted by molar-refractivity contribution is 0.151. The molecular formula is C16H33IN4O2S. The van der Waals surface area contributed by atoms with Crippen LogP contribution in [0, 0.1) is 5.41 Å². The lowest BCUT2D eigenvalue weighted by atomic mass is 9.68. The maximum atomic E-state index is 12.2. The van der Waals surface area contributed by atoms with E-state index in [1.54, 1.807) is 0 Å². The Morgan fingerprint density at radius 1 is 1.21 bits per heavy atom. The lowest BCUT2D eigenvalue weighted by Gasteiger charge is -2.38. The molecule has 0 amide bonds. The predicted octanol–water partition coefficient (Wildman–Crippen LogP) is 2.12. The molecule has 1 saturated heterocycles. The summed E-state index contributed by atoms with van der Waals surface area (Å²) >= 11 is 0. The molecule has 0 unspecified atom stereocenters. The summed E-state index contributed by atoms with van der Waals surface area (Å²) in [6.07, 6.45) is 5.26. The second-order valence-corrected chi connectivity index (χ2v) is 8.75. The Bertz CT molecular complexity index is 516. The monoisotopic (exact) mass is 472 g/mol. The maximum absolute atomic E-state index is 12.2. The Labute approximate surface area is 164 Å². The van der Waals surface area contributed by atoms with Crippen molar-refractivity contribution in [2.45, 2.75) is 46.5 Å². The molecule has 6 nitrogen and oxygen atoms in total. The average molecular weight is 472 g/mol. The molecule has 0 radical (unpaired) electrons. The van der Waals surface area contributed by atoms with E-state index in [9.17, 15) is 8.42 Å². The van der Waals surface area contributed by atoms with Crippen LogP contribution in [0.25, 0.3) is 0 Å². The molecule has 2 aliphatic rings. The van der Waals surface area contributed by atoms with Crippen LogP contribution in [0.5, 0.6) is 0 Å². The highest BCUT2D eigenvalue weighted by atomic mass is 127. The van der Waals surface area contributed by atoms with Crippen LogP contribution in [0.4, 0.5) is 0 Å². The minimum Gasteiger partial charge on any atom is -0.357 e. The van der Waals surface area contributed by atoms with Crippen molar-refractivity contribution in [2.75, 3.05) is 45.0 Å². The normalized spacial score (nSPS) is 20.2. The fraction of sp³-hybridized carbons (Fsp3) is 0.938. The van der Waals surface area contributed by atoms with Gasteiger partial charge in [0, 0.05) is 32.7 Å². The Morgan fingerprint density at radius 3 is 2.33 bits per heavy atom. The fourth-order valence-corrected chi connectivity index (χ4v) is 5.01. The van der Waals surface area contributed by atoms with Gasteiger partial charge in [0.2, 0.25) is 10.0 Å². The van der Waals surface area contributed by atoms with Crippen molar-refractivity contribution in [1.82, 2.24) is 14.5 Å². The third kappa shape index (κ3) is 5.20. The molecule has 1 spiro atoms. The smallest absolute Gasteiger partial charge is 0.215 e. The van der Waals surface area contributed by atoms with E-state index in [0.29, 0.717) is 25.0 Å². The topological polar surface area (TPSA) is 65.0 Å². The van der Waals surface area contributed by atoms with Gasteiger partial charge in [-0.15, -0.1) is 24.0 Å². The van der Waals surface area contributed by atoms with Crippen LogP contribution in [-0.4, -0.2) is 68.6 Å². The minimum atomic E-state index is -3.19. The lowest BCUT2D eigenvalue weighted by Crippen LogP contribution is -2.43. The molecule has 24 heavy (non-hydrogen) atoms. The van der Waals surface area contributed by atoms with Gasteiger partial charge in [-0.2, -0.15) is 0 Å². The number of nitrogens with zero attached hydrogens (tertiary/aromatic N) is 3. The summed E-state index contributed by atoms with van der Waals surface area (Å²) < 4.78 is 26.0. The summed E-state index contributed by atoms with van der Waals surface area (Å²) in [7, 11) is -3.19. The van der Waals surface area contributed by atoms with Crippen LogP contribution in [-0.2, 0) is 10.0 Å². The number of hydrogen-bond acceptors (Lipinski definition) is 3. The molecule has 0 aromatic heterocycles. The minimum absolute atomic E-state index is 0. The van der Waals surface area contributed by atoms with Gasteiger partial charge in [-0.3, -0.25) is 4.99 Å². The third-order valence-corrected chi connectivity index (χ3v) is 7.20. The molecule has 2 fully saturated rings. The first kappa shape index (κ1) is 22.0. The van der Waals surface area contributed by atoms with Crippen molar-refractivity contribution in [2.24, 2.45) is 10.4 Å². The van der Waals surface area contributed by atoms with Gasteiger partial charge in [0.05, 0.1) is 12.3 Å². The van der Waals surface area contributed by atoms with E-state index in [1.807, 2.05) is 13.8 Å². The van der Waals surface area contributed by atoms with E-state index in [4.69, 9.17) is 0 Å². The molecule has 2 rings (SSSR count). The molecule has 1 heterocycles. The quantitative estimate of drug-likeness (QED) is 0.350. The first-order valence-corrected chi connectivity index (χ1v) is 10.6. The molecule has 1 saturated carbocycles. The van der Waals surface area contributed by atoms with Gasteiger partial charge >= 0.3 is 0 Å². The van der Waals surface area contributed by atoms with Crippen molar-refractivity contribution in [1.29, 1.82) is 0 Å². The molecular weight excluding hydrogens is 439 g/mol. The van der Waals surface area contributed by atoms with Crippen molar-refractivity contribution in [3.63, 3.8) is 0 Å². The van der Waals surface area contributed by atoms with E-state index in [-0.39, 0.29) is 29.7 Å². The summed E-state index contributed by atoms with van der Waals surface area (Å²) in [5, 5.41) is 3.32. The van der Waals surface area contributed by atoms with Gasteiger partial charge < -0.3 is 10.2 Å². The van der Waals surface area contributed by atoms with Gasteiger partial charge in [-0.05, 0) is 31.6 Å². The summed E-state index contributed by atoms with van der Waals surface area (Å²) in [6.45, 7) is 10.1. The van der Waals surface area contributed by atoms with Gasteiger partial charge in [-0.1, -0.05) is 20.3 Å². The number of hydrogen-bond donors (Lipinski definition) is 1. The molecule has 0 bridgehead atoms. The van der Waals surface area contributed by atoms with E-state index >= 15 is 0 Å². The van der Waals surface area contributed by atoms with Crippen LogP contribution >= 0.6 is 24.0 Å². The zero-order valence-corrected chi connectivity index (χ0v) is 18.4. The molecule has 1 aliphatic heterocycles. The second kappa shape index (κ2) is 9.56. The standard InChI is InChI=1S/C16H32N4O2S.HI/c1-4-17-15(19-12-10-16(14-19)8-7-9-16)18-11-13-23(21,22)20(5-2)6-3;/h4-14H2,1-3H3,(H,17,18);1H. The number of sulfonamides is 1. The number of halogens is 1. The zero-order valence-electron chi connectivity index (χ0n) is 15.3. The highest BCUT2D eigenvalue weighted by Crippen LogP contribution is 2.47. The Morgan fingerprint density at radius 2 is 1.88 bits per heavy atom. The Hall–Kier alpha value is -0.0900. The zero-order chi connectivity index (χ0) is 16.9. The number of likely N-dealkylation sites (tertiary alicyclic amines) is 1. The van der Waals surface area contributed by atoms with Crippen LogP contribution in [0.3, 0.4) is 0 Å². The van der Waals surface area contributed by atoms with E-state index in [1.165, 1.54) is 30.0 Å². The van der Waals surface area contributed by atoms with Gasteiger partial charge in [-0.25, -0.2) is 12.7 Å². The Kier molecular flexibility index (Phi) is 8.75. The summed E-state index contributed by atoms with van der Waals surface area (Å²) in [5.74, 6) is 0.966. The number of rotatable bonds is 7. The largest absolute Gasteiger partial charge is 0.357 e. The molecule has 0 aromatic rings. The summed E-state index contributed by atoms with van der Waals surface area (Å²) in [6, 6.07) is 0. The molecule has 1 N–H and O–H groups in total. The van der Waals surface area contributed by atoms with Crippen LogP contribution in [0.2, 0.25) is 0 Å². The number of guanidine groups is 1. The molecule has 0 atom stereocenters. The van der Waals surface area contributed by atoms with Crippen molar-refractivity contribution in [3.05, 3.63) is 0 Å². The highest BCUT2D eigenvalue weighted by molar-refractivity contribution is 14.0. The van der Waals surface area contributed by atoms with E-state index in [0.717, 1.165) is 25.6 Å². The van der Waals surface area contributed by atoms with Gasteiger partial charge in [0.25, 0.3) is 0 Å². The summed E-state index contributed by atoms with van der Waals surface area (Å²) in [4.78, 5) is 6.89. The van der Waals surface area contributed by atoms with Crippen molar-refractivity contribution < 1.29 is 8.42 Å². The van der Waals surface area contributed by atoms with Crippen molar-refractivity contribution in [3.8, 4) is 0 Å². The van der Waals surface area contributed by atoms with Gasteiger partial charge in [0.15, 0.2) is 5.96 Å². The SMILES string of the molecule is CCNC(=NCCS(=O)(=O)N(CC)CC)N1CCC2(CCC2)C1.I. The fourth-order valence-electron chi connectivity index (χ4n) is 3.64. The van der Waals surface area contributed by atoms with Crippen LogP contribution in [0.1, 0.15) is 46.5 Å². The second-order valence-electron chi connectivity index (χ2n) is 6.66. The third-order valence-electron chi connectivity index (χ3n) is 5.20. The first-order chi connectivity index (χ1) is 11.0. The molecule has 8 heteroatoms. The van der Waals surface area contributed by atoms with E-state index < -0.39 is 10.0 Å². The molecule has 142 valence electrons. The molecule has 1 aliphatic carbocycles. The Balaban J connectivity index is 0.00000288. The predicted molar refractivity (Wildman–Crippen MR) is 111 cm³/mol. The van der Waals surface area contributed by atoms with Gasteiger partial charge in [0.1, 0.15) is 0 Å². The van der Waals surface area contributed by atoms with Crippen molar-refractivity contribution >= 4 is 40.0 Å². The first-order valence-electron chi connectivity index (χ1n) is 8.97. The van der Waals surface area contributed by atoms with Crippen LogP contribution < -0.4 is 5.32 Å². The highest BCUT2D eigenvalue weighted by Gasteiger charge is 2.43. The maximum Gasteiger partial charge on any atom is 0.215 e. The molecule has 0 aromatic carbocycles. The van der Waals surface area contributed by atoms with E-state index in [2.05, 4.69) is 22.1 Å². The van der Waals surface area contributed by atoms with Crippen LogP contribution in [0.15, 0.2) is 4.99 Å². The number of nitrogens with one attached hydrogen (secondary N) is 1.